The Morgan fingerprint density at radius 2 is 1.74 bits per heavy atom. The molecule has 1 aromatic heterocycles. The van der Waals surface area contributed by atoms with E-state index in [4.69, 9.17) is 0 Å². The number of benzene rings is 3. The minimum atomic E-state index is -4.36. The van der Waals surface area contributed by atoms with E-state index < -0.39 is 11.7 Å². The largest absolute Gasteiger partial charge is 0.416 e. The monoisotopic (exact) mass is 535 g/mol. The van der Waals surface area contributed by atoms with E-state index in [1.54, 1.807) is 18.5 Å². The third-order valence-corrected chi connectivity index (χ3v) is 8.14. The second-order valence-corrected chi connectivity index (χ2v) is 10.5. The van der Waals surface area contributed by atoms with Gasteiger partial charge in [0, 0.05) is 12.0 Å². The molecule has 5 nitrogen and oxygen atoms in total. The fraction of sp³-hybridized carbons (Fsp3) is 0.355. The van der Waals surface area contributed by atoms with Gasteiger partial charge < -0.3 is 14.4 Å². The van der Waals surface area contributed by atoms with E-state index in [0.717, 1.165) is 76.7 Å². The Kier molecular flexibility index (Phi) is 7.75. The van der Waals surface area contributed by atoms with Crippen molar-refractivity contribution in [1.29, 1.82) is 0 Å². The predicted molar refractivity (Wildman–Crippen MR) is 146 cm³/mol. The van der Waals surface area contributed by atoms with Gasteiger partial charge in [0.25, 0.3) is 5.91 Å². The normalized spacial score (nSPS) is 16.4. The van der Waals surface area contributed by atoms with Crippen LogP contribution in [-0.2, 0) is 12.6 Å². The Bertz CT molecular complexity index is 1390. The molecule has 0 saturated carbocycles. The zero-order valence-electron chi connectivity index (χ0n) is 22.1. The molecule has 1 aliphatic heterocycles. The van der Waals surface area contributed by atoms with Crippen LogP contribution in [0.1, 0.15) is 53.0 Å². The molecule has 0 radical (unpaired) electrons. The highest BCUT2D eigenvalue weighted by atomic mass is 19.4. The summed E-state index contributed by atoms with van der Waals surface area (Å²) in [5.41, 5.74) is 1.90. The molecule has 0 spiro atoms. The molecule has 204 valence electrons. The molecule has 3 aromatic carbocycles. The van der Waals surface area contributed by atoms with Gasteiger partial charge in [-0.25, -0.2) is 4.98 Å². The molecule has 0 bridgehead atoms. The minimum absolute atomic E-state index is 0.00871. The molecule has 0 unspecified atom stereocenters. The first-order valence-corrected chi connectivity index (χ1v) is 13.6. The zero-order chi connectivity index (χ0) is 27.5. The molecule has 5 rings (SSSR count). The number of piperazine rings is 1. The standard InChI is InChI=1S/C31H34F3N4O/c1-2-3-17-38(29(28-21-35-22-36-28)20-23-11-13-25(14-12-23)31(32,33)34)18-15-37(16-19-38)30(39)27-10-6-8-24-7-4-5-9-26(24)27/h4-14,21-22,29H,2-3,15-20H2,1H3,(H,35,36)/q+1/t29-/m0/s1. The summed E-state index contributed by atoms with van der Waals surface area (Å²) in [6, 6.07) is 19.3. The van der Waals surface area contributed by atoms with Gasteiger partial charge in [-0.1, -0.05) is 61.9 Å². The SMILES string of the molecule is CCCC[N+]1([C@@H](Cc2ccc(C(F)(F)F)cc2)c2cnc[nH]2)CCN(C(=O)c2cccc3ccccc23)CC1. The molecular formula is C31H34F3N4O+. The van der Waals surface area contributed by atoms with Crippen LogP contribution < -0.4 is 0 Å². The van der Waals surface area contributed by atoms with E-state index in [1.807, 2.05) is 53.6 Å². The van der Waals surface area contributed by atoms with Crippen LogP contribution in [0.4, 0.5) is 13.2 Å². The number of unbranched alkanes of at least 4 members (excludes halogenated alkanes) is 1. The van der Waals surface area contributed by atoms with Crippen LogP contribution in [0.5, 0.6) is 0 Å². The van der Waals surface area contributed by atoms with E-state index in [2.05, 4.69) is 16.9 Å². The van der Waals surface area contributed by atoms with E-state index in [1.165, 1.54) is 0 Å². The van der Waals surface area contributed by atoms with Crippen LogP contribution in [0, 0.1) is 0 Å². The molecule has 1 amide bonds. The number of imidazole rings is 1. The number of quaternary nitrogens is 1. The van der Waals surface area contributed by atoms with Crippen molar-refractivity contribution < 1.29 is 22.4 Å². The molecule has 1 fully saturated rings. The lowest BCUT2D eigenvalue weighted by Crippen LogP contribution is -2.62. The van der Waals surface area contributed by atoms with Gasteiger partial charge in [0.2, 0.25) is 0 Å². The average Bonchev–Trinajstić information content (AvgIpc) is 3.49. The predicted octanol–water partition coefficient (Wildman–Crippen LogP) is 6.64. The van der Waals surface area contributed by atoms with Crippen LogP contribution in [0.15, 0.2) is 79.3 Å². The van der Waals surface area contributed by atoms with Gasteiger partial charge in [0.1, 0.15) is 6.04 Å². The van der Waals surface area contributed by atoms with Gasteiger partial charge in [-0.15, -0.1) is 0 Å². The summed E-state index contributed by atoms with van der Waals surface area (Å²) in [5.74, 6) is 0.0425. The minimum Gasteiger partial charge on any atom is -0.344 e. The topological polar surface area (TPSA) is 49.0 Å². The number of fused-ring (bicyclic) bond motifs is 1. The van der Waals surface area contributed by atoms with Crippen LogP contribution in [0.25, 0.3) is 10.8 Å². The van der Waals surface area contributed by atoms with E-state index in [-0.39, 0.29) is 11.9 Å². The number of hydrogen-bond acceptors (Lipinski definition) is 2. The Labute approximate surface area is 226 Å². The molecule has 1 atom stereocenters. The first-order valence-electron chi connectivity index (χ1n) is 13.6. The Balaban J connectivity index is 1.41. The first kappa shape index (κ1) is 26.9. The Morgan fingerprint density at radius 1 is 1.03 bits per heavy atom. The quantitative estimate of drug-likeness (QED) is 0.257. The lowest BCUT2D eigenvalue weighted by Gasteiger charge is -2.49. The first-order chi connectivity index (χ1) is 18.8. The molecular weight excluding hydrogens is 501 g/mol. The highest BCUT2D eigenvalue weighted by molar-refractivity contribution is 6.07. The van der Waals surface area contributed by atoms with Gasteiger partial charge in [-0.2, -0.15) is 13.2 Å². The third-order valence-electron chi connectivity index (χ3n) is 8.14. The number of carbonyl (C=O) groups excluding carboxylic acids is 1. The van der Waals surface area contributed by atoms with Gasteiger partial charge in [-0.3, -0.25) is 4.79 Å². The van der Waals surface area contributed by atoms with Crippen molar-refractivity contribution in [2.45, 2.75) is 38.4 Å². The number of aromatic amines is 1. The molecule has 2 heterocycles. The number of amides is 1. The van der Waals surface area contributed by atoms with E-state index in [9.17, 15) is 18.0 Å². The summed E-state index contributed by atoms with van der Waals surface area (Å²) in [4.78, 5) is 23.2. The summed E-state index contributed by atoms with van der Waals surface area (Å²) in [6.45, 7) is 5.85. The lowest BCUT2D eigenvalue weighted by molar-refractivity contribution is -0.960. The molecule has 1 saturated heterocycles. The maximum atomic E-state index is 13.7. The third kappa shape index (κ3) is 5.71. The van der Waals surface area contributed by atoms with Gasteiger partial charge >= 0.3 is 6.18 Å². The van der Waals surface area contributed by atoms with Crippen molar-refractivity contribution in [3.05, 3.63) is 102 Å². The summed E-state index contributed by atoms with van der Waals surface area (Å²) < 4.78 is 40.2. The van der Waals surface area contributed by atoms with Gasteiger partial charge in [0.05, 0.1) is 56.5 Å². The van der Waals surface area contributed by atoms with Crippen LogP contribution in [-0.4, -0.2) is 58.0 Å². The summed E-state index contributed by atoms with van der Waals surface area (Å²) in [7, 11) is 0. The number of H-pyrrole nitrogens is 1. The van der Waals surface area contributed by atoms with Gasteiger partial charge in [0.15, 0.2) is 0 Å². The van der Waals surface area contributed by atoms with Crippen LogP contribution in [0.3, 0.4) is 0 Å². The van der Waals surface area contributed by atoms with E-state index in [0.29, 0.717) is 19.5 Å². The highest BCUT2D eigenvalue weighted by Gasteiger charge is 2.42. The van der Waals surface area contributed by atoms with Crippen molar-refractivity contribution in [2.75, 3.05) is 32.7 Å². The fourth-order valence-electron chi connectivity index (χ4n) is 5.91. The van der Waals surface area contributed by atoms with Crippen molar-refractivity contribution in [2.24, 2.45) is 0 Å². The number of hydrogen-bond donors (Lipinski definition) is 1. The zero-order valence-corrected chi connectivity index (χ0v) is 22.1. The number of halogens is 3. The molecule has 1 N–H and O–H groups in total. The van der Waals surface area contributed by atoms with Crippen LogP contribution in [0.2, 0.25) is 0 Å². The Hall–Kier alpha value is -3.65. The maximum absolute atomic E-state index is 13.7. The second kappa shape index (κ2) is 11.2. The number of carbonyl (C=O) groups is 1. The van der Waals surface area contributed by atoms with E-state index >= 15 is 0 Å². The van der Waals surface area contributed by atoms with Crippen molar-refractivity contribution in [3.8, 4) is 0 Å². The number of alkyl halides is 3. The number of rotatable bonds is 8. The van der Waals surface area contributed by atoms with Gasteiger partial charge in [-0.05, 0) is 41.0 Å². The number of nitrogens with zero attached hydrogens (tertiary/aromatic N) is 3. The molecule has 4 aromatic rings. The lowest BCUT2D eigenvalue weighted by atomic mass is 9.96. The molecule has 8 heteroatoms. The smallest absolute Gasteiger partial charge is 0.344 e. The summed E-state index contributed by atoms with van der Waals surface area (Å²) in [5, 5.41) is 2.00. The Morgan fingerprint density at radius 3 is 2.41 bits per heavy atom. The van der Waals surface area contributed by atoms with Crippen molar-refractivity contribution in [1.82, 2.24) is 14.9 Å². The fourth-order valence-corrected chi connectivity index (χ4v) is 5.91. The number of aromatic nitrogens is 2. The second-order valence-electron chi connectivity index (χ2n) is 10.5. The average molecular weight is 536 g/mol. The van der Waals surface area contributed by atoms with Crippen molar-refractivity contribution >= 4 is 16.7 Å². The molecule has 1 aliphatic rings. The summed E-state index contributed by atoms with van der Waals surface area (Å²) >= 11 is 0. The maximum Gasteiger partial charge on any atom is 0.416 e. The highest BCUT2D eigenvalue weighted by Crippen LogP contribution is 2.35. The molecule has 39 heavy (non-hydrogen) atoms. The number of nitrogens with one attached hydrogen (secondary N) is 1. The molecule has 0 aliphatic carbocycles. The van der Waals surface area contributed by atoms with Crippen LogP contribution >= 0.6 is 0 Å². The van der Waals surface area contributed by atoms with Crippen molar-refractivity contribution in [3.63, 3.8) is 0 Å². The summed E-state index contributed by atoms with van der Waals surface area (Å²) in [6.07, 6.45) is 1.77.